The summed E-state index contributed by atoms with van der Waals surface area (Å²) in [5.41, 5.74) is -0.472. The van der Waals surface area contributed by atoms with Crippen LogP contribution in [-0.4, -0.2) is 30.1 Å². The summed E-state index contributed by atoms with van der Waals surface area (Å²) in [6.07, 6.45) is 0.647. The average molecular weight is 309 g/mol. The lowest BCUT2D eigenvalue weighted by atomic mass is 9.91. The minimum Gasteiger partial charge on any atom is -0.462 e. The Morgan fingerprint density at radius 1 is 1.14 bits per heavy atom. The van der Waals surface area contributed by atoms with E-state index in [9.17, 15) is 19.7 Å². The molecule has 0 fully saturated rings. The highest BCUT2D eigenvalue weighted by Gasteiger charge is 2.26. The summed E-state index contributed by atoms with van der Waals surface area (Å²) in [6.45, 7) is 5.34. The minimum atomic E-state index is -0.624. The first kappa shape index (κ1) is 17.6. The van der Waals surface area contributed by atoms with Crippen molar-refractivity contribution in [3.8, 4) is 0 Å². The summed E-state index contributed by atoms with van der Waals surface area (Å²) in [5.74, 6) is -0.970. The minimum absolute atomic E-state index is 0.0268. The number of nitro benzene ring substituents is 1. The van der Waals surface area contributed by atoms with E-state index in [4.69, 9.17) is 9.47 Å². The predicted octanol–water partition coefficient (Wildman–Crippen LogP) is 2.73. The van der Waals surface area contributed by atoms with Gasteiger partial charge in [-0.05, 0) is 32.4 Å². The first-order valence-corrected chi connectivity index (χ1v) is 6.86. The first-order chi connectivity index (χ1) is 10.3. The number of benzene rings is 1. The molecule has 0 aliphatic rings. The molecule has 0 radical (unpaired) electrons. The number of hydrogen-bond acceptors (Lipinski definition) is 6. The maximum Gasteiger partial charge on any atom is 0.338 e. The van der Waals surface area contributed by atoms with E-state index >= 15 is 0 Å². The zero-order valence-electron chi connectivity index (χ0n) is 12.8. The van der Waals surface area contributed by atoms with Gasteiger partial charge >= 0.3 is 11.9 Å². The fourth-order valence-corrected chi connectivity index (χ4v) is 1.41. The SMILES string of the molecule is CCC(C)(C)C(=O)OCCOC(=O)c1ccc([N+](=O)[O-])cc1. The van der Waals surface area contributed by atoms with Gasteiger partial charge in [0.15, 0.2) is 0 Å². The van der Waals surface area contributed by atoms with Crippen LogP contribution in [0, 0.1) is 15.5 Å². The lowest BCUT2D eigenvalue weighted by Gasteiger charge is -2.20. The van der Waals surface area contributed by atoms with E-state index in [0.717, 1.165) is 0 Å². The number of carbonyl (C=O) groups excluding carboxylic acids is 2. The topological polar surface area (TPSA) is 95.7 Å². The molecule has 0 unspecified atom stereocenters. The van der Waals surface area contributed by atoms with Crippen LogP contribution < -0.4 is 0 Å². The van der Waals surface area contributed by atoms with Crippen LogP contribution in [0.4, 0.5) is 5.69 Å². The van der Waals surface area contributed by atoms with Gasteiger partial charge in [0.2, 0.25) is 0 Å². The van der Waals surface area contributed by atoms with Crippen molar-refractivity contribution in [1.82, 2.24) is 0 Å². The number of rotatable bonds is 7. The highest BCUT2D eigenvalue weighted by Crippen LogP contribution is 2.21. The number of esters is 2. The van der Waals surface area contributed by atoms with Gasteiger partial charge in [0, 0.05) is 12.1 Å². The summed E-state index contributed by atoms with van der Waals surface area (Å²) in [7, 11) is 0. The van der Waals surface area contributed by atoms with Crippen LogP contribution in [0.15, 0.2) is 24.3 Å². The highest BCUT2D eigenvalue weighted by molar-refractivity contribution is 5.89. The molecule has 0 aromatic heterocycles. The van der Waals surface area contributed by atoms with E-state index in [-0.39, 0.29) is 30.4 Å². The molecule has 7 heteroatoms. The average Bonchev–Trinajstić information content (AvgIpc) is 2.51. The van der Waals surface area contributed by atoms with E-state index in [0.29, 0.717) is 6.42 Å². The van der Waals surface area contributed by atoms with Crippen LogP contribution in [0.3, 0.4) is 0 Å². The molecule has 7 nitrogen and oxygen atoms in total. The molecule has 1 rings (SSSR count). The summed E-state index contributed by atoms with van der Waals surface area (Å²) < 4.78 is 9.97. The van der Waals surface area contributed by atoms with Gasteiger partial charge in [0.05, 0.1) is 15.9 Å². The predicted molar refractivity (Wildman–Crippen MR) is 78.4 cm³/mol. The van der Waals surface area contributed by atoms with Crippen molar-refractivity contribution in [2.75, 3.05) is 13.2 Å². The lowest BCUT2D eigenvalue weighted by Crippen LogP contribution is -2.27. The van der Waals surface area contributed by atoms with Crippen molar-refractivity contribution in [1.29, 1.82) is 0 Å². The van der Waals surface area contributed by atoms with Crippen molar-refractivity contribution >= 4 is 17.6 Å². The Labute approximate surface area is 128 Å². The van der Waals surface area contributed by atoms with Crippen molar-refractivity contribution in [3.05, 3.63) is 39.9 Å². The van der Waals surface area contributed by atoms with Crippen LogP contribution in [0.25, 0.3) is 0 Å². The Bertz CT molecular complexity index is 550. The number of nitrogens with zero attached hydrogens (tertiary/aromatic N) is 1. The molecule has 0 N–H and O–H groups in total. The van der Waals surface area contributed by atoms with Crippen LogP contribution >= 0.6 is 0 Å². The molecule has 0 aliphatic heterocycles. The van der Waals surface area contributed by atoms with Gasteiger partial charge in [0.1, 0.15) is 13.2 Å². The van der Waals surface area contributed by atoms with Crippen molar-refractivity contribution in [2.45, 2.75) is 27.2 Å². The van der Waals surface area contributed by atoms with Crippen molar-refractivity contribution < 1.29 is 24.0 Å². The Morgan fingerprint density at radius 2 is 1.68 bits per heavy atom. The van der Waals surface area contributed by atoms with Gasteiger partial charge < -0.3 is 9.47 Å². The van der Waals surface area contributed by atoms with Crippen LogP contribution in [0.2, 0.25) is 0 Å². The molecule has 1 aromatic carbocycles. The van der Waals surface area contributed by atoms with Crippen LogP contribution in [0.5, 0.6) is 0 Å². The van der Waals surface area contributed by atoms with E-state index in [2.05, 4.69) is 0 Å². The Morgan fingerprint density at radius 3 is 2.18 bits per heavy atom. The number of carbonyl (C=O) groups is 2. The molecule has 0 saturated heterocycles. The largest absolute Gasteiger partial charge is 0.462 e. The third-order valence-corrected chi connectivity index (χ3v) is 3.30. The fourth-order valence-electron chi connectivity index (χ4n) is 1.41. The molecule has 0 aliphatic carbocycles. The molecule has 22 heavy (non-hydrogen) atoms. The highest BCUT2D eigenvalue weighted by atomic mass is 16.6. The van der Waals surface area contributed by atoms with Crippen molar-refractivity contribution in [2.24, 2.45) is 5.41 Å². The van der Waals surface area contributed by atoms with Gasteiger partial charge in [-0.3, -0.25) is 14.9 Å². The normalized spacial score (nSPS) is 10.9. The van der Waals surface area contributed by atoms with E-state index in [1.807, 2.05) is 6.92 Å². The standard InChI is InChI=1S/C15H19NO6/c1-4-15(2,3)14(18)22-10-9-21-13(17)11-5-7-12(8-6-11)16(19)20/h5-8H,4,9-10H2,1-3H3. The van der Waals surface area contributed by atoms with Gasteiger partial charge in [0.25, 0.3) is 5.69 Å². The molecular formula is C15H19NO6. The number of hydrogen-bond donors (Lipinski definition) is 0. The molecule has 0 bridgehead atoms. The zero-order chi connectivity index (χ0) is 16.8. The molecule has 0 heterocycles. The maximum absolute atomic E-state index is 11.7. The number of nitro groups is 1. The molecule has 0 amide bonds. The number of ether oxygens (including phenoxy) is 2. The monoisotopic (exact) mass is 309 g/mol. The first-order valence-electron chi connectivity index (χ1n) is 6.86. The maximum atomic E-state index is 11.7. The van der Waals surface area contributed by atoms with Gasteiger partial charge in [-0.25, -0.2) is 4.79 Å². The third kappa shape index (κ3) is 4.83. The Hall–Kier alpha value is -2.44. The van der Waals surface area contributed by atoms with E-state index in [1.54, 1.807) is 13.8 Å². The third-order valence-electron chi connectivity index (χ3n) is 3.30. The summed E-state index contributed by atoms with van der Waals surface area (Å²) >= 11 is 0. The van der Waals surface area contributed by atoms with Gasteiger partial charge in [-0.1, -0.05) is 6.92 Å². The summed E-state index contributed by atoms with van der Waals surface area (Å²) in [6, 6.07) is 5.07. The van der Waals surface area contributed by atoms with E-state index < -0.39 is 16.3 Å². The zero-order valence-corrected chi connectivity index (χ0v) is 12.8. The second kappa shape index (κ2) is 7.53. The Balaban J connectivity index is 2.41. The van der Waals surface area contributed by atoms with Crippen molar-refractivity contribution in [3.63, 3.8) is 0 Å². The fraction of sp³-hybridized carbons (Fsp3) is 0.467. The number of non-ortho nitro benzene ring substituents is 1. The van der Waals surface area contributed by atoms with Crippen LogP contribution in [0.1, 0.15) is 37.6 Å². The Kier molecular flexibility index (Phi) is 6.03. The molecular weight excluding hydrogens is 290 g/mol. The van der Waals surface area contributed by atoms with Gasteiger partial charge in [-0.2, -0.15) is 0 Å². The smallest absolute Gasteiger partial charge is 0.338 e. The molecule has 120 valence electrons. The molecule has 0 spiro atoms. The summed E-state index contributed by atoms with van der Waals surface area (Å²) in [4.78, 5) is 33.3. The second-order valence-corrected chi connectivity index (χ2v) is 5.31. The summed E-state index contributed by atoms with van der Waals surface area (Å²) in [5, 5.41) is 10.5. The molecule has 0 saturated carbocycles. The molecule has 1 aromatic rings. The second-order valence-electron chi connectivity index (χ2n) is 5.31. The lowest BCUT2D eigenvalue weighted by molar-refractivity contribution is -0.384. The van der Waals surface area contributed by atoms with Gasteiger partial charge in [-0.15, -0.1) is 0 Å². The molecule has 0 atom stereocenters. The van der Waals surface area contributed by atoms with Crippen LogP contribution in [-0.2, 0) is 14.3 Å². The van der Waals surface area contributed by atoms with E-state index in [1.165, 1.54) is 24.3 Å². The quantitative estimate of drug-likeness (QED) is 0.332.